The molecule has 1 heterocycles. The number of amides is 1. The highest BCUT2D eigenvalue weighted by molar-refractivity contribution is 6.35. The number of fused-ring (bicyclic) bond motifs is 1. The summed E-state index contributed by atoms with van der Waals surface area (Å²) in [7, 11) is 0. The van der Waals surface area contributed by atoms with Crippen LogP contribution in [0.2, 0.25) is 5.02 Å². The van der Waals surface area contributed by atoms with E-state index in [0.29, 0.717) is 21.5 Å². The van der Waals surface area contributed by atoms with E-state index in [4.69, 9.17) is 17.3 Å². The number of H-pyrrole nitrogens is 1. The average molecular weight is 196 g/mol. The molecule has 0 bridgehead atoms. The summed E-state index contributed by atoms with van der Waals surface area (Å²) in [5.74, 6) is -0.495. The van der Waals surface area contributed by atoms with Crippen molar-refractivity contribution in [1.29, 1.82) is 0 Å². The lowest BCUT2D eigenvalue weighted by Gasteiger charge is -1.98. The summed E-state index contributed by atoms with van der Waals surface area (Å²) in [5, 5.41) is 7.72. The first kappa shape index (κ1) is 8.07. The van der Waals surface area contributed by atoms with E-state index in [1.54, 1.807) is 18.3 Å². The Morgan fingerprint density at radius 3 is 3.00 bits per heavy atom. The van der Waals surface area contributed by atoms with Gasteiger partial charge in [-0.25, -0.2) is 0 Å². The summed E-state index contributed by atoms with van der Waals surface area (Å²) in [6, 6.07) is 3.20. The van der Waals surface area contributed by atoms with Gasteiger partial charge in [0.2, 0.25) is 0 Å². The van der Waals surface area contributed by atoms with Crippen molar-refractivity contribution in [3.8, 4) is 0 Å². The van der Waals surface area contributed by atoms with Crippen LogP contribution in [0, 0.1) is 0 Å². The smallest absolute Gasteiger partial charge is 0.250 e. The monoisotopic (exact) mass is 195 g/mol. The van der Waals surface area contributed by atoms with Gasteiger partial charge in [-0.1, -0.05) is 11.6 Å². The molecule has 2 rings (SSSR count). The van der Waals surface area contributed by atoms with Crippen LogP contribution in [0.3, 0.4) is 0 Å². The van der Waals surface area contributed by atoms with Crippen LogP contribution in [-0.4, -0.2) is 16.1 Å². The molecule has 2 aromatic rings. The van der Waals surface area contributed by atoms with E-state index in [-0.39, 0.29) is 0 Å². The predicted molar refractivity (Wildman–Crippen MR) is 49.6 cm³/mol. The van der Waals surface area contributed by atoms with Crippen molar-refractivity contribution in [3.63, 3.8) is 0 Å². The maximum absolute atomic E-state index is 11.0. The van der Waals surface area contributed by atoms with E-state index in [1.807, 2.05) is 0 Å². The Labute approximate surface area is 78.7 Å². The quantitative estimate of drug-likeness (QED) is 0.720. The number of hydrogen-bond donors (Lipinski definition) is 2. The number of hydrogen-bond acceptors (Lipinski definition) is 2. The van der Waals surface area contributed by atoms with Gasteiger partial charge in [0.25, 0.3) is 5.91 Å². The molecule has 66 valence electrons. The number of nitrogens with two attached hydrogens (primary N) is 1. The zero-order chi connectivity index (χ0) is 9.42. The van der Waals surface area contributed by atoms with Crippen LogP contribution in [0.25, 0.3) is 10.9 Å². The molecule has 0 aliphatic rings. The van der Waals surface area contributed by atoms with E-state index in [9.17, 15) is 4.79 Å². The molecule has 0 saturated carbocycles. The zero-order valence-electron chi connectivity index (χ0n) is 6.54. The van der Waals surface area contributed by atoms with Crippen molar-refractivity contribution in [2.45, 2.75) is 0 Å². The van der Waals surface area contributed by atoms with Crippen molar-refractivity contribution in [3.05, 3.63) is 28.9 Å². The Balaban J connectivity index is 2.86. The summed E-state index contributed by atoms with van der Waals surface area (Å²) in [6.07, 6.45) is 1.56. The van der Waals surface area contributed by atoms with Crippen molar-refractivity contribution in [1.82, 2.24) is 10.2 Å². The van der Waals surface area contributed by atoms with Crippen LogP contribution in [0.4, 0.5) is 0 Å². The fourth-order valence-electron chi connectivity index (χ4n) is 1.21. The third-order valence-corrected chi connectivity index (χ3v) is 2.16. The third-order valence-electron chi connectivity index (χ3n) is 1.83. The summed E-state index contributed by atoms with van der Waals surface area (Å²) >= 11 is 5.86. The molecule has 3 N–H and O–H groups in total. The summed E-state index contributed by atoms with van der Waals surface area (Å²) in [4.78, 5) is 11.0. The second-order valence-electron chi connectivity index (χ2n) is 2.62. The minimum atomic E-state index is -0.495. The number of aromatic amines is 1. The van der Waals surface area contributed by atoms with Crippen molar-refractivity contribution in [2.75, 3.05) is 0 Å². The fraction of sp³-hybridized carbons (Fsp3) is 0. The van der Waals surface area contributed by atoms with Gasteiger partial charge in [0, 0.05) is 5.39 Å². The molecule has 4 nitrogen and oxygen atoms in total. The van der Waals surface area contributed by atoms with E-state index in [2.05, 4.69) is 10.2 Å². The molecule has 0 atom stereocenters. The SMILES string of the molecule is NC(=O)c1ccc(Cl)c2cn[nH]c12. The minimum Gasteiger partial charge on any atom is -0.366 e. The molecular weight excluding hydrogens is 190 g/mol. The highest BCUT2D eigenvalue weighted by atomic mass is 35.5. The fourth-order valence-corrected chi connectivity index (χ4v) is 1.41. The first-order valence-electron chi connectivity index (χ1n) is 3.61. The Bertz CT molecular complexity index is 477. The van der Waals surface area contributed by atoms with Gasteiger partial charge in [-0.3, -0.25) is 9.89 Å². The largest absolute Gasteiger partial charge is 0.366 e. The Hall–Kier alpha value is -1.55. The molecule has 0 spiro atoms. The number of carbonyl (C=O) groups excluding carboxylic acids is 1. The maximum Gasteiger partial charge on any atom is 0.250 e. The summed E-state index contributed by atoms with van der Waals surface area (Å²) < 4.78 is 0. The molecule has 0 aliphatic carbocycles. The van der Waals surface area contributed by atoms with Crippen molar-refractivity contribution in [2.24, 2.45) is 5.73 Å². The van der Waals surface area contributed by atoms with Crippen LogP contribution >= 0.6 is 11.6 Å². The number of aromatic nitrogens is 2. The van der Waals surface area contributed by atoms with Gasteiger partial charge >= 0.3 is 0 Å². The molecule has 1 amide bonds. The van der Waals surface area contributed by atoms with Crippen LogP contribution in [-0.2, 0) is 0 Å². The Morgan fingerprint density at radius 1 is 1.54 bits per heavy atom. The van der Waals surface area contributed by atoms with Gasteiger partial charge in [0.05, 0.1) is 22.3 Å². The molecule has 0 fully saturated rings. The number of nitrogens with one attached hydrogen (secondary N) is 1. The first-order valence-corrected chi connectivity index (χ1v) is 3.99. The lowest BCUT2D eigenvalue weighted by Crippen LogP contribution is -2.11. The number of halogens is 1. The first-order chi connectivity index (χ1) is 6.20. The number of primary amides is 1. The zero-order valence-corrected chi connectivity index (χ0v) is 7.30. The standard InChI is InChI=1S/C8H6ClN3O/c9-6-2-1-4(8(10)13)7-5(6)3-11-12-7/h1-3H,(H2,10,13)(H,11,12). The Morgan fingerprint density at radius 2 is 2.31 bits per heavy atom. The second kappa shape index (κ2) is 2.74. The van der Waals surface area contributed by atoms with E-state index >= 15 is 0 Å². The molecular formula is C8H6ClN3O. The van der Waals surface area contributed by atoms with Crippen LogP contribution < -0.4 is 5.73 Å². The van der Waals surface area contributed by atoms with Crippen LogP contribution in [0.1, 0.15) is 10.4 Å². The second-order valence-corrected chi connectivity index (χ2v) is 3.03. The van der Waals surface area contributed by atoms with E-state index in [0.717, 1.165) is 0 Å². The number of nitrogens with zero attached hydrogens (tertiary/aromatic N) is 1. The van der Waals surface area contributed by atoms with Gasteiger partial charge in [0.15, 0.2) is 0 Å². The maximum atomic E-state index is 11.0. The van der Waals surface area contributed by atoms with Crippen LogP contribution in [0.15, 0.2) is 18.3 Å². The average Bonchev–Trinajstić information content (AvgIpc) is 2.53. The number of benzene rings is 1. The van der Waals surface area contributed by atoms with Gasteiger partial charge in [-0.2, -0.15) is 5.10 Å². The highest BCUT2D eigenvalue weighted by Crippen LogP contribution is 2.23. The molecule has 5 heteroatoms. The molecule has 0 saturated heterocycles. The molecule has 13 heavy (non-hydrogen) atoms. The van der Waals surface area contributed by atoms with Crippen LogP contribution in [0.5, 0.6) is 0 Å². The topological polar surface area (TPSA) is 71.8 Å². The molecule has 0 unspecified atom stereocenters. The lowest BCUT2D eigenvalue weighted by molar-refractivity contribution is 0.100. The molecule has 0 radical (unpaired) electrons. The minimum absolute atomic E-state index is 0.400. The number of carbonyl (C=O) groups is 1. The van der Waals surface area contributed by atoms with Gasteiger partial charge in [-0.15, -0.1) is 0 Å². The third kappa shape index (κ3) is 1.15. The molecule has 1 aromatic carbocycles. The lowest BCUT2D eigenvalue weighted by atomic mass is 10.1. The van der Waals surface area contributed by atoms with Gasteiger partial charge < -0.3 is 5.73 Å². The molecule has 1 aromatic heterocycles. The summed E-state index contributed by atoms with van der Waals surface area (Å²) in [5.41, 5.74) is 6.14. The van der Waals surface area contributed by atoms with E-state index < -0.39 is 5.91 Å². The van der Waals surface area contributed by atoms with Crippen molar-refractivity contribution >= 4 is 28.4 Å². The molecule has 0 aliphatic heterocycles. The van der Waals surface area contributed by atoms with Gasteiger partial charge in [0.1, 0.15) is 0 Å². The highest BCUT2D eigenvalue weighted by Gasteiger charge is 2.09. The normalized spacial score (nSPS) is 10.5. The van der Waals surface area contributed by atoms with E-state index in [1.165, 1.54) is 0 Å². The predicted octanol–water partition coefficient (Wildman–Crippen LogP) is 1.32. The van der Waals surface area contributed by atoms with Gasteiger partial charge in [-0.05, 0) is 12.1 Å². The number of rotatable bonds is 1. The van der Waals surface area contributed by atoms with Crippen molar-refractivity contribution < 1.29 is 4.79 Å². The summed E-state index contributed by atoms with van der Waals surface area (Å²) in [6.45, 7) is 0. The Kier molecular flexibility index (Phi) is 1.70.